The van der Waals surface area contributed by atoms with Crippen molar-refractivity contribution in [3.8, 4) is 0 Å². The summed E-state index contributed by atoms with van der Waals surface area (Å²) in [5.41, 5.74) is 0.567. The minimum absolute atomic E-state index is 0.105. The fraction of sp³-hybridized carbons (Fsp3) is 0.273. The van der Waals surface area contributed by atoms with Gasteiger partial charge < -0.3 is 10.6 Å². The first kappa shape index (κ1) is 11.9. The van der Waals surface area contributed by atoms with E-state index in [2.05, 4.69) is 16.0 Å². The number of carbonyl (C=O) groups excluding carboxylic acids is 2. The molecule has 1 aromatic rings. The molecule has 1 atom stereocenters. The summed E-state index contributed by atoms with van der Waals surface area (Å²) < 4.78 is 0. The molecule has 6 heteroatoms. The highest BCUT2D eigenvalue weighted by Crippen LogP contribution is 2.20. The maximum Gasteiger partial charge on any atom is 0.243 e. The van der Waals surface area contributed by atoms with Gasteiger partial charge in [-0.05, 0) is 12.1 Å². The molecule has 17 heavy (non-hydrogen) atoms. The number of amides is 2. The zero-order valence-electron chi connectivity index (χ0n) is 9.00. The lowest BCUT2D eigenvalue weighted by molar-refractivity contribution is -0.124. The highest BCUT2D eigenvalue weighted by Gasteiger charge is 2.23. The maximum absolute atomic E-state index is 11.8. The van der Waals surface area contributed by atoms with Crippen molar-refractivity contribution in [2.75, 3.05) is 18.4 Å². The van der Waals surface area contributed by atoms with E-state index in [1.807, 2.05) is 0 Å². The zero-order valence-corrected chi connectivity index (χ0v) is 9.75. The molecule has 1 unspecified atom stereocenters. The van der Waals surface area contributed by atoms with Gasteiger partial charge in [-0.2, -0.15) is 0 Å². The van der Waals surface area contributed by atoms with Crippen LogP contribution in [0.4, 0.5) is 5.69 Å². The largest absolute Gasteiger partial charge is 0.353 e. The monoisotopic (exact) mass is 253 g/mol. The third-order valence-electron chi connectivity index (χ3n) is 2.46. The number of benzene rings is 1. The Morgan fingerprint density at radius 2 is 2.18 bits per heavy atom. The van der Waals surface area contributed by atoms with Crippen LogP contribution in [0, 0.1) is 0 Å². The van der Waals surface area contributed by atoms with Crippen LogP contribution < -0.4 is 16.0 Å². The fourth-order valence-corrected chi connectivity index (χ4v) is 1.72. The van der Waals surface area contributed by atoms with Crippen molar-refractivity contribution in [1.82, 2.24) is 10.6 Å². The van der Waals surface area contributed by atoms with Gasteiger partial charge in [-0.3, -0.25) is 14.9 Å². The van der Waals surface area contributed by atoms with Crippen molar-refractivity contribution in [2.45, 2.75) is 6.04 Å². The van der Waals surface area contributed by atoms with Crippen LogP contribution in [0.1, 0.15) is 0 Å². The van der Waals surface area contributed by atoms with Crippen LogP contribution in [0.25, 0.3) is 0 Å². The van der Waals surface area contributed by atoms with Gasteiger partial charge in [0.15, 0.2) is 0 Å². The van der Waals surface area contributed by atoms with Crippen molar-refractivity contribution in [3.63, 3.8) is 0 Å². The second-order valence-electron chi connectivity index (χ2n) is 3.71. The van der Waals surface area contributed by atoms with Crippen LogP contribution >= 0.6 is 11.6 Å². The third kappa shape index (κ3) is 2.95. The normalized spacial score (nSPS) is 19.6. The molecule has 2 rings (SSSR count). The van der Waals surface area contributed by atoms with E-state index in [9.17, 15) is 9.59 Å². The molecule has 3 N–H and O–H groups in total. The van der Waals surface area contributed by atoms with E-state index < -0.39 is 6.04 Å². The minimum atomic E-state index is -0.427. The molecule has 0 radical (unpaired) electrons. The van der Waals surface area contributed by atoms with Crippen LogP contribution in [0.5, 0.6) is 0 Å². The van der Waals surface area contributed by atoms with Gasteiger partial charge >= 0.3 is 0 Å². The van der Waals surface area contributed by atoms with Gasteiger partial charge in [0.1, 0.15) is 6.04 Å². The SMILES string of the molecule is O=C1CNC(C(=O)Nc2ccccc2Cl)CN1. The summed E-state index contributed by atoms with van der Waals surface area (Å²) in [5, 5.41) is 8.66. The number of rotatable bonds is 2. The molecule has 5 nitrogen and oxygen atoms in total. The Kier molecular flexibility index (Phi) is 3.61. The van der Waals surface area contributed by atoms with E-state index in [0.717, 1.165) is 0 Å². The van der Waals surface area contributed by atoms with Gasteiger partial charge in [-0.25, -0.2) is 0 Å². The molecular formula is C11H12ClN3O2. The quantitative estimate of drug-likeness (QED) is 0.713. The highest BCUT2D eigenvalue weighted by molar-refractivity contribution is 6.33. The smallest absolute Gasteiger partial charge is 0.243 e. The Labute approximate surface area is 104 Å². The average molecular weight is 254 g/mol. The summed E-state index contributed by atoms with van der Waals surface area (Å²) in [5.74, 6) is -0.315. The van der Waals surface area contributed by atoms with Crippen molar-refractivity contribution in [2.24, 2.45) is 0 Å². The van der Waals surface area contributed by atoms with Gasteiger partial charge in [0, 0.05) is 6.54 Å². The predicted octanol–water partition coefficient (Wildman–Crippen LogP) is 0.366. The Balaban J connectivity index is 1.98. The zero-order chi connectivity index (χ0) is 12.3. The number of halogens is 1. The third-order valence-corrected chi connectivity index (χ3v) is 2.79. The predicted molar refractivity (Wildman–Crippen MR) is 64.9 cm³/mol. The summed E-state index contributed by atoms with van der Waals surface area (Å²) in [6.07, 6.45) is 0. The van der Waals surface area contributed by atoms with Gasteiger partial charge in [-0.15, -0.1) is 0 Å². The van der Waals surface area contributed by atoms with Crippen LogP contribution in [0.15, 0.2) is 24.3 Å². The van der Waals surface area contributed by atoms with Crippen LogP contribution in [-0.4, -0.2) is 30.9 Å². The number of hydrogen-bond acceptors (Lipinski definition) is 3. The first-order valence-corrected chi connectivity index (χ1v) is 5.60. The summed E-state index contributed by atoms with van der Waals surface area (Å²) >= 11 is 5.93. The lowest BCUT2D eigenvalue weighted by Gasteiger charge is -2.23. The van der Waals surface area contributed by atoms with Gasteiger partial charge in [0.05, 0.1) is 17.3 Å². The standard InChI is InChI=1S/C11H12ClN3O2/c12-7-3-1-2-4-8(7)15-11(17)9-5-14-10(16)6-13-9/h1-4,9,13H,5-6H2,(H,14,16)(H,15,17). The molecule has 1 saturated heterocycles. The first-order valence-electron chi connectivity index (χ1n) is 5.22. The number of para-hydroxylation sites is 1. The Hall–Kier alpha value is -1.59. The molecule has 0 aliphatic carbocycles. The lowest BCUT2D eigenvalue weighted by atomic mass is 10.2. The molecule has 0 bridgehead atoms. The second kappa shape index (κ2) is 5.16. The van der Waals surface area contributed by atoms with Crippen molar-refractivity contribution >= 4 is 29.1 Å². The Morgan fingerprint density at radius 3 is 2.82 bits per heavy atom. The fourth-order valence-electron chi connectivity index (χ4n) is 1.53. The number of carbonyl (C=O) groups is 2. The van der Waals surface area contributed by atoms with Crippen molar-refractivity contribution in [1.29, 1.82) is 0 Å². The van der Waals surface area contributed by atoms with E-state index in [1.165, 1.54) is 0 Å². The molecule has 0 spiro atoms. The number of nitrogens with one attached hydrogen (secondary N) is 3. The van der Waals surface area contributed by atoms with Crippen molar-refractivity contribution in [3.05, 3.63) is 29.3 Å². The van der Waals surface area contributed by atoms with Gasteiger partial charge in [0.25, 0.3) is 0 Å². The van der Waals surface area contributed by atoms with Gasteiger partial charge in [-0.1, -0.05) is 23.7 Å². The summed E-state index contributed by atoms with van der Waals surface area (Å²) in [6.45, 7) is 0.440. The number of piperazine rings is 1. The first-order chi connectivity index (χ1) is 8.16. The number of anilines is 1. The van der Waals surface area contributed by atoms with Gasteiger partial charge in [0.2, 0.25) is 11.8 Å². The molecule has 1 aliphatic rings. The molecular weight excluding hydrogens is 242 g/mol. The number of hydrogen-bond donors (Lipinski definition) is 3. The molecule has 0 saturated carbocycles. The summed E-state index contributed by atoms with van der Waals surface area (Å²) in [7, 11) is 0. The molecule has 2 amide bonds. The van der Waals surface area contributed by atoms with E-state index in [0.29, 0.717) is 10.7 Å². The summed E-state index contributed by atoms with van der Waals surface area (Å²) in [6, 6.07) is 6.58. The average Bonchev–Trinajstić information content (AvgIpc) is 2.33. The van der Waals surface area contributed by atoms with Crippen LogP contribution in [0.3, 0.4) is 0 Å². The maximum atomic E-state index is 11.8. The molecule has 1 fully saturated rings. The molecule has 90 valence electrons. The van der Waals surface area contributed by atoms with E-state index in [1.54, 1.807) is 24.3 Å². The topological polar surface area (TPSA) is 70.2 Å². The lowest BCUT2D eigenvalue weighted by Crippen LogP contribution is -2.56. The minimum Gasteiger partial charge on any atom is -0.353 e. The summed E-state index contributed by atoms with van der Waals surface area (Å²) in [4.78, 5) is 22.8. The van der Waals surface area contributed by atoms with Crippen molar-refractivity contribution < 1.29 is 9.59 Å². The van der Waals surface area contributed by atoms with E-state index in [4.69, 9.17) is 11.6 Å². The molecule has 0 aromatic heterocycles. The molecule has 1 heterocycles. The van der Waals surface area contributed by atoms with Crippen LogP contribution in [-0.2, 0) is 9.59 Å². The second-order valence-corrected chi connectivity index (χ2v) is 4.11. The highest BCUT2D eigenvalue weighted by atomic mass is 35.5. The molecule has 1 aliphatic heterocycles. The molecule has 1 aromatic carbocycles. The van der Waals surface area contributed by atoms with E-state index >= 15 is 0 Å². The van der Waals surface area contributed by atoms with E-state index in [-0.39, 0.29) is 24.9 Å². The van der Waals surface area contributed by atoms with Crippen LogP contribution in [0.2, 0.25) is 5.02 Å². The Bertz CT molecular complexity index is 440. The Morgan fingerprint density at radius 1 is 1.41 bits per heavy atom.